The van der Waals surface area contributed by atoms with E-state index in [1.165, 1.54) is 9.13 Å². The van der Waals surface area contributed by atoms with E-state index in [0.717, 1.165) is 12.1 Å². The molecule has 9 heteroatoms. The van der Waals surface area contributed by atoms with E-state index in [4.69, 9.17) is 14.5 Å². The Hall–Kier alpha value is -3.49. The molecule has 1 aliphatic rings. The van der Waals surface area contributed by atoms with E-state index in [-0.39, 0.29) is 17.8 Å². The van der Waals surface area contributed by atoms with Gasteiger partial charge in [-0.15, -0.1) is 0 Å². The van der Waals surface area contributed by atoms with Crippen molar-refractivity contribution in [2.45, 2.75) is 26.4 Å². The Bertz CT molecular complexity index is 1250. The summed E-state index contributed by atoms with van der Waals surface area (Å²) in [7, 11) is 4.87. The molecule has 2 aromatic heterocycles. The first-order valence-electron chi connectivity index (χ1n) is 9.82. The number of methoxy groups -OCH3 is 2. The van der Waals surface area contributed by atoms with Crippen LogP contribution in [0, 0.1) is 0 Å². The third kappa shape index (κ3) is 2.97. The second-order valence-electron chi connectivity index (χ2n) is 7.11. The summed E-state index contributed by atoms with van der Waals surface area (Å²) in [5.74, 6) is 1.98. The number of hydrogen-bond donors (Lipinski definition) is 0. The second-order valence-corrected chi connectivity index (χ2v) is 7.11. The number of nitrogens with zero attached hydrogens (tertiary/aromatic N) is 5. The molecule has 1 aliphatic heterocycles. The molecule has 0 spiro atoms. The van der Waals surface area contributed by atoms with Crippen LogP contribution in [-0.2, 0) is 20.1 Å². The lowest BCUT2D eigenvalue weighted by molar-refractivity contribution is 0.403. The number of aryl methyl sites for hydroxylation is 2. The minimum atomic E-state index is -0.383. The van der Waals surface area contributed by atoms with Crippen LogP contribution in [-0.4, -0.2) is 39.4 Å². The Labute approximate surface area is 173 Å². The smallest absolute Gasteiger partial charge is 0.332 e. The lowest BCUT2D eigenvalue weighted by atomic mass is 10.2. The highest BCUT2D eigenvalue weighted by Gasteiger charge is 2.28. The Morgan fingerprint density at radius 3 is 2.67 bits per heavy atom. The number of allylic oxidation sites excluding steroid dienone is 2. The summed E-state index contributed by atoms with van der Waals surface area (Å²) in [4.78, 5) is 32.7. The number of anilines is 2. The molecule has 3 aromatic rings. The van der Waals surface area contributed by atoms with Crippen LogP contribution >= 0.6 is 0 Å². The molecule has 0 saturated heterocycles. The highest BCUT2D eigenvalue weighted by Crippen LogP contribution is 2.38. The highest BCUT2D eigenvalue weighted by atomic mass is 16.5. The van der Waals surface area contributed by atoms with Gasteiger partial charge in [0.2, 0.25) is 5.95 Å². The maximum atomic E-state index is 13.2. The maximum absolute atomic E-state index is 13.2. The molecular formula is C21H25N5O4. The Balaban J connectivity index is 1.98. The topological polar surface area (TPSA) is 83.5 Å². The monoisotopic (exact) mass is 411 g/mol. The van der Waals surface area contributed by atoms with Gasteiger partial charge >= 0.3 is 5.69 Å². The van der Waals surface area contributed by atoms with Crippen molar-refractivity contribution in [1.29, 1.82) is 0 Å². The zero-order chi connectivity index (χ0) is 21.4. The van der Waals surface area contributed by atoms with Crippen molar-refractivity contribution in [2.24, 2.45) is 7.05 Å². The van der Waals surface area contributed by atoms with Crippen molar-refractivity contribution in [1.82, 2.24) is 18.7 Å². The molecule has 0 unspecified atom stereocenters. The molecule has 4 rings (SSSR count). The molecule has 0 N–H and O–H groups in total. The average molecular weight is 411 g/mol. The fraction of sp³-hybridized carbons (Fsp3) is 0.381. The second kappa shape index (κ2) is 7.74. The number of benzene rings is 1. The molecular weight excluding hydrogens is 386 g/mol. The molecule has 1 aromatic carbocycles. The average Bonchev–Trinajstić information content (AvgIpc) is 3.17. The van der Waals surface area contributed by atoms with E-state index in [1.54, 1.807) is 27.3 Å². The summed E-state index contributed by atoms with van der Waals surface area (Å²) >= 11 is 0. The van der Waals surface area contributed by atoms with Crippen LogP contribution in [0.2, 0.25) is 0 Å². The minimum Gasteiger partial charge on any atom is -0.497 e. The SMILES string of the molecule is C/C=C/Cn1c(=O)c2c(nc3n2CCCN3c2cc(OC)ccc2OC)n(C)c1=O. The Kier molecular flexibility index (Phi) is 5.11. The van der Waals surface area contributed by atoms with Gasteiger partial charge < -0.3 is 18.9 Å². The van der Waals surface area contributed by atoms with Gasteiger partial charge in [0.1, 0.15) is 11.5 Å². The van der Waals surface area contributed by atoms with Crippen LogP contribution in [0.25, 0.3) is 11.2 Å². The van der Waals surface area contributed by atoms with Crippen molar-refractivity contribution < 1.29 is 9.47 Å². The fourth-order valence-corrected chi connectivity index (χ4v) is 3.87. The molecule has 0 radical (unpaired) electrons. The molecule has 0 fully saturated rings. The molecule has 158 valence electrons. The lowest BCUT2D eigenvalue weighted by Gasteiger charge is -2.30. The van der Waals surface area contributed by atoms with E-state index in [2.05, 4.69) is 0 Å². The zero-order valence-electron chi connectivity index (χ0n) is 17.6. The quantitative estimate of drug-likeness (QED) is 0.598. The first kappa shape index (κ1) is 19.8. The molecule has 3 heterocycles. The molecule has 0 saturated carbocycles. The van der Waals surface area contributed by atoms with E-state index in [9.17, 15) is 9.59 Å². The Morgan fingerprint density at radius 1 is 1.17 bits per heavy atom. The summed E-state index contributed by atoms with van der Waals surface area (Å²) in [5, 5.41) is 0. The molecule has 0 bridgehead atoms. The maximum Gasteiger partial charge on any atom is 0.332 e. The normalized spacial score (nSPS) is 13.8. The molecule has 30 heavy (non-hydrogen) atoms. The standard InChI is InChI=1S/C21H25N5O4/c1-5-6-10-26-19(27)17-18(23(2)21(26)28)22-20-24(11-7-12-25(17)20)15-13-14(29-3)8-9-16(15)30-4/h5-6,8-9,13H,7,10-12H2,1-4H3/b6-5+. The molecule has 0 amide bonds. The fourth-order valence-electron chi connectivity index (χ4n) is 3.87. The van der Waals surface area contributed by atoms with Gasteiger partial charge in [-0.2, -0.15) is 4.98 Å². The van der Waals surface area contributed by atoms with Crippen molar-refractivity contribution >= 4 is 22.8 Å². The molecule has 9 nitrogen and oxygen atoms in total. The van der Waals surface area contributed by atoms with Gasteiger partial charge in [0.15, 0.2) is 11.2 Å². The third-order valence-corrected chi connectivity index (χ3v) is 5.42. The highest BCUT2D eigenvalue weighted by molar-refractivity contribution is 5.78. The van der Waals surface area contributed by atoms with Crippen molar-refractivity contribution in [2.75, 3.05) is 25.7 Å². The van der Waals surface area contributed by atoms with Gasteiger partial charge in [0, 0.05) is 32.7 Å². The predicted octanol–water partition coefficient (Wildman–Crippen LogP) is 2.03. The summed E-state index contributed by atoms with van der Waals surface area (Å²) in [6.45, 7) is 3.43. The summed E-state index contributed by atoms with van der Waals surface area (Å²) < 4.78 is 15.5. The van der Waals surface area contributed by atoms with Crippen LogP contribution in [0.4, 0.5) is 11.6 Å². The molecule has 0 atom stereocenters. The van der Waals surface area contributed by atoms with Crippen LogP contribution in [0.1, 0.15) is 13.3 Å². The Morgan fingerprint density at radius 2 is 1.97 bits per heavy atom. The minimum absolute atomic E-state index is 0.228. The van der Waals surface area contributed by atoms with E-state index in [1.807, 2.05) is 40.7 Å². The van der Waals surface area contributed by atoms with Gasteiger partial charge in [-0.25, -0.2) is 4.79 Å². The zero-order valence-corrected chi connectivity index (χ0v) is 17.6. The van der Waals surface area contributed by atoms with Crippen LogP contribution in [0.15, 0.2) is 39.9 Å². The third-order valence-electron chi connectivity index (χ3n) is 5.42. The van der Waals surface area contributed by atoms with Gasteiger partial charge in [-0.3, -0.25) is 13.9 Å². The van der Waals surface area contributed by atoms with Crippen molar-refractivity contribution in [3.05, 3.63) is 51.2 Å². The number of fused-ring (bicyclic) bond motifs is 3. The van der Waals surface area contributed by atoms with E-state index < -0.39 is 0 Å². The first-order chi connectivity index (χ1) is 14.5. The summed E-state index contributed by atoms with van der Waals surface area (Å²) in [5.41, 5.74) is 0.900. The van der Waals surface area contributed by atoms with Gasteiger partial charge in [0.05, 0.1) is 19.9 Å². The number of rotatable bonds is 5. The number of aromatic nitrogens is 4. The first-order valence-corrected chi connectivity index (χ1v) is 9.82. The molecule has 0 aliphatic carbocycles. The number of ether oxygens (including phenoxy) is 2. The van der Waals surface area contributed by atoms with Gasteiger partial charge in [-0.05, 0) is 25.5 Å². The van der Waals surface area contributed by atoms with E-state index in [0.29, 0.717) is 41.7 Å². The largest absolute Gasteiger partial charge is 0.497 e. The van der Waals surface area contributed by atoms with Crippen LogP contribution in [0.5, 0.6) is 11.5 Å². The predicted molar refractivity (Wildman–Crippen MR) is 115 cm³/mol. The number of hydrogen-bond acceptors (Lipinski definition) is 6. The van der Waals surface area contributed by atoms with Gasteiger partial charge in [0.25, 0.3) is 5.56 Å². The number of imidazole rings is 1. The van der Waals surface area contributed by atoms with Crippen LogP contribution in [0.3, 0.4) is 0 Å². The van der Waals surface area contributed by atoms with Crippen molar-refractivity contribution in [3.63, 3.8) is 0 Å². The van der Waals surface area contributed by atoms with Gasteiger partial charge in [-0.1, -0.05) is 12.2 Å². The van der Waals surface area contributed by atoms with E-state index >= 15 is 0 Å². The van der Waals surface area contributed by atoms with Crippen molar-refractivity contribution in [3.8, 4) is 11.5 Å². The van der Waals surface area contributed by atoms with Crippen LogP contribution < -0.4 is 25.6 Å². The lowest BCUT2D eigenvalue weighted by Crippen LogP contribution is -2.39. The summed E-state index contributed by atoms with van der Waals surface area (Å²) in [6.07, 6.45) is 4.42. The summed E-state index contributed by atoms with van der Waals surface area (Å²) in [6, 6.07) is 5.56.